The van der Waals surface area contributed by atoms with Gasteiger partial charge >= 0.3 is 0 Å². The lowest BCUT2D eigenvalue weighted by Crippen LogP contribution is -2.26. The van der Waals surface area contributed by atoms with Gasteiger partial charge in [0.15, 0.2) is 0 Å². The number of pyridine rings is 1. The molecule has 1 aliphatic rings. The zero-order valence-corrected chi connectivity index (χ0v) is 15.3. The number of likely N-dealkylation sites (tertiary alicyclic amines) is 1. The van der Waals surface area contributed by atoms with Gasteiger partial charge < -0.3 is 5.32 Å². The standard InChI is InChI=1S/C19H20ClFN4O2/c20-17-9-14(3-6-18(26)24-27)10-22-19(17)23-16-7-8-25(12-16)11-13-1-4-15(21)5-2-13/h1-6,9-10,16,27H,7-8,11-12H2,(H,22,23)(H,24,26)/t16-/m1/s1. The average Bonchev–Trinajstić information content (AvgIpc) is 3.10. The van der Waals surface area contributed by atoms with Gasteiger partial charge in [-0.15, -0.1) is 0 Å². The summed E-state index contributed by atoms with van der Waals surface area (Å²) < 4.78 is 13.0. The lowest BCUT2D eigenvalue weighted by Gasteiger charge is -2.17. The Labute approximate surface area is 161 Å². The van der Waals surface area contributed by atoms with Crippen molar-refractivity contribution in [1.29, 1.82) is 0 Å². The average molecular weight is 391 g/mol. The van der Waals surface area contributed by atoms with Crippen molar-refractivity contribution in [1.82, 2.24) is 15.4 Å². The second kappa shape index (κ2) is 8.94. The van der Waals surface area contributed by atoms with Gasteiger partial charge in [-0.1, -0.05) is 23.7 Å². The maximum absolute atomic E-state index is 13.0. The van der Waals surface area contributed by atoms with Gasteiger partial charge in [-0.2, -0.15) is 0 Å². The largest absolute Gasteiger partial charge is 0.365 e. The van der Waals surface area contributed by atoms with Crippen LogP contribution in [0.25, 0.3) is 6.08 Å². The van der Waals surface area contributed by atoms with Crippen molar-refractivity contribution in [2.24, 2.45) is 0 Å². The second-order valence-electron chi connectivity index (χ2n) is 6.40. The number of rotatable bonds is 6. The van der Waals surface area contributed by atoms with Gasteiger partial charge in [-0.25, -0.2) is 14.9 Å². The predicted molar refractivity (Wildman–Crippen MR) is 102 cm³/mol. The van der Waals surface area contributed by atoms with Crippen LogP contribution in [-0.4, -0.2) is 40.1 Å². The van der Waals surface area contributed by atoms with Crippen LogP contribution in [0.3, 0.4) is 0 Å². The number of amides is 1. The smallest absolute Gasteiger partial charge is 0.267 e. The van der Waals surface area contributed by atoms with Gasteiger partial charge in [0.25, 0.3) is 5.91 Å². The van der Waals surface area contributed by atoms with Crippen molar-refractivity contribution in [2.45, 2.75) is 19.0 Å². The normalized spacial score (nSPS) is 17.4. The van der Waals surface area contributed by atoms with E-state index >= 15 is 0 Å². The molecule has 0 unspecified atom stereocenters. The van der Waals surface area contributed by atoms with E-state index in [2.05, 4.69) is 15.2 Å². The number of halogens is 2. The quantitative estimate of drug-likeness (QED) is 0.401. The highest BCUT2D eigenvalue weighted by molar-refractivity contribution is 6.33. The number of benzene rings is 1. The van der Waals surface area contributed by atoms with Crippen LogP contribution in [0.4, 0.5) is 10.2 Å². The van der Waals surface area contributed by atoms with Crippen LogP contribution in [0.15, 0.2) is 42.6 Å². The molecular formula is C19H20ClFN4O2. The summed E-state index contributed by atoms with van der Waals surface area (Å²) in [5.41, 5.74) is 3.25. The molecule has 3 N–H and O–H groups in total. The third-order valence-corrected chi connectivity index (χ3v) is 4.62. The van der Waals surface area contributed by atoms with E-state index in [0.717, 1.165) is 31.6 Å². The molecule has 1 aromatic heterocycles. The summed E-state index contributed by atoms with van der Waals surface area (Å²) in [4.78, 5) is 17.6. The van der Waals surface area contributed by atoms with Crippen LogP contribution in [0.1, 0.15) is 17.5 Å². The van der Waals surface area contributed by atoms with E-state index in [0.29, 0.717) is 16.4 Å². The van der Waals surface area contributed by atoms with Gasteiger partial charge in [0.1, 0.15) is 11.6 Å². The number of carbonyl (C=O) groups excluding carboxylic acids is 1. The van der Waals surface area contributed by atoms with E-state index < -0.39 is 5.91 Å². The molecule has 0 bridgehead atoms. The minimum atomic E-state index is -0.625. The zero-order chi connectivity index (χ0) is 19.2. The summed E-state index contributed by atoms with van der Waals surface area (Å²) >= 11 is 6.28. The molecule has 6 nitrogen and oxygen atoms in total. The molecule has 27 heavy (non-hydrogen) atoms. The Hall–Kier alpha value is -2.48. The molecule has 1 amide bonds. The van der Waals surface area contributed by atoms with E-state index in [9.17, 15) is 9.18 Å². The Morgan fingerprint density at radius 1 is 1.41 bits per heavy atom. The molecule has 0 radical (unpaired) electrons. The van der Waals surface area contributed by atoms with Gasteiger partial charge in [0, 0.05) is 37.9 Å². The lowest BCUT2D eigenvalue weighted by atomic mass is 10.2. The molecule has 1 fully saturated rings. The third kappa shape index (κ3) is 5.50. The summed E-state index contributed by atoms with van der Waals surface area (Å²) in [6.07, 6.45) is 5.25. The van der Waals surface area contributed by atoms with E-state index in [-0.39, 0.29) is 11.9 Å². The first-order valence-corrected chi connectivity index (χ1v) is 8.92. The number of nitrogens with one attached hydrogen (secondary N) is 2. The van der Waals surface area contributed by atoms with Gasteiger partial charge in [-0.05, 0) is 41.8 Å². The summed E-state index contributed by atoms with van der Waals surface area (Å²) in [5.74, 6) is -0.259. The molecule has 2 aromatic rings. The van der Waals surface area contributed by atoms with Crippen LogP contribution in [0.5, 0.6) is 0 Å². The van der Waals surface area contributed by atoms with E-state index in [1.807, 2.05) is 0 Å². The number of anilines is 1. The highest BCUT2D eigenvalue weighted by Gasteiger charge is 2.23. The van der Waals surface area contributed by atoms with E-state index in [1.165, 1.54) is 29.8 Å². The molecule has 2 heterocycles. The summed E-state index contributed by atoms with van der Waals surface area (Å²) in [6.45, 7) is 2.55. The number of carbonyl (C=O) groups is 1. The molecule has 0 saturated carbocycles. The molecule has 8 heteroatoms. The minimum Gasteiger partial charge on any atom is -0.365 e. The van der Waals surface area contributed by atoms with E-state index in [4.69, 9.17) is 16.8 Å². The van der Waals surface area contributed by atoms with Crippen LogP contribution >= 0.6 is 11.6 Å². The van der Waals surface area contributed by atoms with Gasteiger partial charge in [-0.3, -0.25) is 14.9 Å². The van der Waals surface area contributed by atoms with E-state index in [1.54, 1.807) is 24.4 Å². The lowest BCUT2D eigenvalue weighted by molar-refractivity contribution is -0.124. The topological polar surface area (TPSA) is 77.5 Å². The van der Waals surface area contributed by atoms with Crippen molar-refractivity contribution in [3.05, 3.63) is 64.6 Å². The maximum Gasteiger partial charge on any atom is 0.267 e. The minimum absolute atomic E-state index is 0.219. The summed E-state index contributed by atoms with van der Waals surface area (Å²) in [7, 11) is 0. The van der Waals surface area contributed by atoms with Gasteiger partial charge in [0.05, 0.1) is 5.02 Å². The molecule has 1 atom stereocenters. The van der Waals surface area contributed by atoms with Crippen molar-refractivity contribution < 1.29 is 14.4 Å². The first-order chi connectivity index (χ1) is 13.0. The summed E-state index contributed by atoms with van der Waals surface area (Å²) in [5, 5.41) is 12.3. The molecule has 1 aromatic carbocycles. The number of hydroxylamine groups is 1. The number of hydrogen-bond donors (Lipinski definition) is 3. The molecule has 1 aliphatic heterocycles. The van der Waals surface area contributed by atoms with Gasteiger partial charge in [0.2, 0.25) is 0 Å². The number of nitrogens with zero attached hydrogens (tertiary/aromatic N) is 2. The molecular weight excluding hydrogens is 371 g/mol. The maximum atomic E-state index is 13.0. The summed E-state index contributed by atoms with van der Waals surface area (Å²) in [6, 6.07) is 8.48. The Bertz CT molecular complexity index is 829. The monoisotopic (exact) mass is 390 g/mol. The Balaban J connectivity index is 1.55. The highest BCUT2D eigenvalue weighted by Crippen LogP contribution is 2.24. The fourth-order valence-corrected chi connectivity index (χ4v) is 3.22. The van der Waals surface area contributed by atoms with Crippen molar-refractivity contribution >= 4 is 29.4 Å². The molecule has 0 spiro atoms. The Kier molecular flexibility index (Phi) is 6.39. The van der Waals surface area contributed by atoms with Crippen LogP contribution in [-0.2, 0) is 11.3 Å². The number of aromatic nitrogens is 1. The highest BCUT2D eigenvalue weighted by atomic mass is 35.5. The molecule has 142 valence electrons. The Morgan fingerprint density at radius 2 is 2.19 bits per heavy atom. The fraction of sp³-hybridized carbons (Fsp3) is 0.263. The first-order valence-electron chi connectivity index (χ1n) is 8.54. The number of hydrogen-bond acceptors (Lipinski definition) is 5. The zero-order valence-electron chi connectivity index (χ0n) is 14.5. The fourth-order valence-electron chi connectivity index (χ4n) is 2.99. The SMILES string of the molecule is O=C(C=Cc1cnc(N[C@@H]2CCN(Cc3ccc(F)cc3)C2)c(Cl)c1)NO. The van der Waals surface area contributed by atoms with Crippen molar-refractivity contribution in [3.8, 4) is 0 Å². The van der Waals surface area contributed by atoms with Crippen LogP contribution < -0.4 is 10.8 Å². The second-order valence-corrected chi connectivity index (χ2v) is 6.81. The molecule has 1 saturated heterocycles. The third-order valence-electron chi connectivity index (χ3n) is 4.33. The van der Waals surface area contributed by atoms with Crippen molar-refractivity contribution in [2.75, 3.05) is 18.4 Å². The first kappa shape index (κ1) is 19.3. The molecule has 3 rings (SSSR count). The predicted octanol–water partition coefficient (Wildman–Crippen LogP) is 3.08. The Morgan fingerprint density at radius 3 is 2.89 bits per heavy atom. The van der Waals surface area contributed by atoms with Crippen LogP contribution in [0.2, 0.25) is 5.02 Å². The van der Waals surface area contributed by atoms with Crippen LogP contribution in [0, 0.1) is 5.82 Å². The molecule has 0 aliphatic carbocycles. The van der Waals surface area contributed by atoms with Crippen molar-refractivity contribution in [3.63, 3.8) is 0 Å².